The van der Waals surface area contributed by atoms with E-state index in [1.54, 1.807) is 11.8 Å². The largest absolute Gasteiger partial charge is 0.388 e. The number of amides is 1. The molecule has 2 fully saturated rings. The summed E-state index contributed by atoms with van der Waals surface area (Å²) in [6, 6.07) is 0. The van der Waals surface area contributed by atoms with Crippen LogP contribution in [0.5, 0.6) is 0 Å². The number of hydrogen-bond acceptors (Lipinski definition) is 5. The van der Waals surface area contributed by atoms with E-state index in [4.69, 9.17) is 4.74 Å². The number of nitrogens with one attached hydrogen (secondary N) is 2. The van der Waals surface area contributed by atoms with Crippen molar-refractivity contribution in [2.75, 3.05) is 38.6 Å². The molecule has 2 rings (SSSR count). The van der Waals surface area contributed by atoms with Gasteiger partial charge in [-0.15, -0.1) is 11.8 Å². The fourth-order valence-corrected chi connectivity index (χ4v) is 3.46. The highest BCUT2D eigenvalue weighted by molar-refractivity contribution is 8.00. The molecule has 1 amide bonds. The molecule has 6 heteroatoms. The fraction of sp³-hybridized carbons (Fsp3) is 0.923. The van der Waals surface area contributed by atoms with E-state index in [1.165, 1.54) is 0 Å². The molecule has 0 bridgehead atoms. The van der Waals surface area contributed by atoms with Gasteiger partial charge in [0, 0.05) is 37.9 Å². The van der Waals surface area contributed by atoms with E-state index < -0.39 is 5.60 Å². The van der Waals surface area contributed by atoms with Gasteiger partial charge in [-0.1, -0.05) is 0 Å². The number of piperidine rings is 1. The van der Waals surface area contributed by atoms with Crippen LogP contribution in [0, 0.1) is 0 Å². The third-order valence-electron chi connectivity index (χ3n) is 3.77. The van der Waals surface area contributed by atoms with E-state index in [1.807, 2.05) is 0 Å². The monoisotopic (exact) mass is 288 g/mol. The molecule has 0 atom stereocenters. The molecule has 3 N–H and O–H groups in total. The second-order valence-electron chi connectivity index (χ2n) is 5.37. The molecular formula is C13H24N2O3S. The maximum atomic E-state index is 11.8. The summed E-state index contributed by atoms with van der Waals surface area (Å²) in [5.41, 5.74) is -0.771. The molecule has 19 heavy (non-hydrogen) atoms. The van der Waals surface area contributed by atoms with Crippen LogP contribution in [0.4, 0.5) is 0 Å². The Kier molecular flexibility index (Phi) is 5.94. The quantitative estimate of drug-likeness (QED) is 0.671. The summed E-state index contributed by atoms with van der Waals surface area (Å²) in [4.78, 5) is 11.8. The minimum absolute atomic E-state index is 0.0310. The predicted molar refractivity (Wildman–Crippen MR) is 76.4 cm³/mol. The van der Waals surface area contributed by atoms with Gasteiger partial charge in [-0.3, -0.25) is 4.79 Å². The van der Waals surface area contributed by atoms with Crippen molar-refractivity contribution < 1.29 is 14.6 Å². The van der Waals surface area contributed by atoms with Gasteiger partial charge in [-0.2, -0.15) is 0 Å². The van der Waals surface area contributed by atoms with E-state index >= 15 is 0 Å². The number of rotatable bonds is 5. The lowest BCUT2D eigenvalue weighted by atomic mass is 9.94. The van der Waals surface area contributed by atoms with Gasteiger partial charge in [0.05, 0.1) is 11.4 Å². The van der Waals surface area contributed by atoms with Crippen molar-refractivity contribution in [3.05, 3.63) is 0 Å². The standard InChI is InChI=1S/C13H24N2O3S/c16-12(9-19-11-1-5-14-6-2-11)15-10-13(17)3-7-18-8-4-13/h11,14,17H,1-10H2,(H,15,16). The summed E-state index contributed by atoms with van der Waals surface area (Å²) in [6.45, 7) is 3.62. The number of thioether (sulfide) groups is 1. The van der Waals surface area contributed by atoms with Crippen molar-refractivity contribution in [3.8, 4) is 0 Å². The average molecular weight is 288 g/mol. The Morgan fingerprint density at radius 3 is 2.74 bits per heavy atom. The van der Waals surface area contributed by atoms with E-state index in [0.717, 1.165) is 25.9 Å². The van der Waals surface area contributed by atoms with E-state index in [0.29, 0.717) is 43.6 Å². The van der Waals surface area contributed by atoms with Crippen LogP contribution >= 0.6 is 11.8 Å². The predicted octanol–water partition coefficient (Wildman–Crippen LogP) is 0.129. The van der Waals surface area contributed by atoms with Gasteiger partial charge in [-0.05, 0) is 25.9 Å². The number of carbonyl (C=O) groups is 1. The van der Waals surface area contributed by atoms with Crippen molar-refractivity contribution in [2.45, 2.75) is 36.5 Å². The molecule has 2 heterocycles. The van der Waals surface area contributed by atoms with Crippen LogP contribution in [0.15, 0.2) is 0 Å². The molecule has 2 saturated heterocycles. The Morgan fingerprint density at radius 1 is 1.37 bits per heavy atom. The summed E-state index contributed by atoms with van der Waals surface area (Å²) < 4.78 is 5.22. The highest BCUT2D eigenvalue weighted by Crippen LogP contribution is 2.21. The molecule has 2 aliphatic rings. The molecule has 0 radical (unpaired) electrons. The zero-order chi connectivity index (χ0) is 13.6. The minimum atomic E-state index is -0.771. The van der Waals surface area contributed by atoms with Crippen molar-refractivity contribution in [1.29, 1.82) is 0 Å². The van der Waals surface area contributed by atoms with E-state index in [-0.39, 0.29) is 5.91 Å². The summed E-state index contributed by atoms with van der Waals surface area (Å²) in [6.07, 6.45) is 3.49. The Labute approximate surface area is 118 Å². The first-order valence-electron chi connectivity index (χ1n) is 7.07. The number of carbonyl (C=O) groups excluding carboxylic acids is 1. The molecule has 0 aromatic carbocycles. The third-order valence-corrected chi connectivity index (χ3v) is 5.15. The van der Waals surface area contributed by atoms with Gasteiger partial charge in [-0.25, -0.2) is 0 Å². The van der Waals surface area contributed by atoms with Gasteiger partial charge in [0.15, 0.2) is 0 Å². The first kappa shape index (κ1) is 15.1. The van der Waals surface area contributed by atoms with Gasteiger partial charge in [0.1, 0.15) is 0 Å². The molecular weight excluding hydrogens is 264 g/mol. The summed E-state index contributed by atoms with van der Waals surface area (Å²) in [5, 5.41) is 17.0. The Bertz CT molecular complexity index is 290. The minimum Gasteiger partial charge on any atom is -0.388 e. The van der Waals surface area contributed by atoms with Crippen LogP contribution in [0.3, 0.4) is 0 Å². The highest BCUT2D eigenvalue weighted by Gasteiger charge is 2.30. The van der Waals surface area contributed by atoms with Gasteiger partial charge >= 0.3 is 0 Å². The number of ether oxygens (including phenoxy) is 1. The van der Waals surface area contributed by atoms with Crippen LogP contribution in [0.1, 0.15) is 25.7 Å². The van der Waals surface area contributed by atoms with Crippen molar-refractivity contribution >= 4 is 17.7 Å². The zero-order valence-electron chi connectivity index (χ0n) is 11.3. The molecule has 2 aliphatic heterocycles. The lowest BCUT2D eigenvalue weighted by Gasteiger charge is -2.32. The van der Waals surface area contributed by atoms with Gasteiger partial charge < -0.3 is 20.5 Å². The Balaban J connectivity index is 1.61. The maximum Gasteiger partial charge on any atom is 0.230 e. The second-order valence-corrected chi connectivity index (χ2v) is 6.66. The average Bonchev–Trinajstić information content (AvgIpc) is 2.45. The maximum absolute atomic E-state index is 11.8. The highest BCUT2D eigenvalue weighted by atomic mass is 32.2. The van der Waals surface area contributed by atoms with Gasteiger partial charge in [0.2, 0.25) is 5.91 Å². The Morgan fingerprint density at radius 2 is 2.05 bits per heavy atom. The molecule has 0 aromatic heterocycles. The number of aliphatic hydroxyl groups is 1. The normalized spacial score (nSPS) is 24.1. The fourth-order valence-electron chi connectivity index (χ4n) is 2.40. The molecule has 5 nitrogen and oxygen atoms in total. The Hall–Kier alpha value is -0.300. The lowest BCUT2D eigenvalue weighted by Crippen LogP contribution is -2.47. The van der Waals surface area contributed by atoms with Crippen LogP contribution in [0.25, 0.3) is 0 Å². The summed E-state index contributed by atoms with van der Waals surface area (Å²) in [5.74, 6) is 0.528. The van der Waals surface area contributed by atoms with Crippen molar-refractivity contribution in [3.63, 3.8) is 0 Å². The summed E-state index contributed by atoms with van der Waals surface area (Å²) in [7, 11) is 0. The molecule has 0 aliphatic carbocycles. The smallest absolute Gasteiger partial charge is 0.230 e. The van der Waals surface area contributed by atoms with Crippen LogP contribution in [-0.2, 0) is 9.53 Å². The lowest BCUT2D eigenvalue weighted by molar-refractivity contribution is -0.121. The first-order chi connectivity index (χ1) is 9.18. The number of hydrogen-bond donors (Lipinski definition) is 3. The topological polar surface area (TPSA) is 70.6 Å². The molecule has 0 aromatic rings. The molecule has 0 unspecified atom stereocenters. The van der Waals surface area contributed by atoms with E-state index in [9.17, 15) is 9.90 Å². The van der Waals surface area contributed by atoms with Gasteiger partial charge in [0.25, 0.3) is 0 Å². The molecule has 0 spiro atoms. The SMILES string of the molecule is O=C(CSC1CCNCC1)NCC1(O)CCOCC1. The van der Waals surface area contributed by atoms with Crippen LogP contribution in [-0.4, -0.2) is 60.5 Å². The summed E-state index contributed by atoms with van der Waals surface area (Å²) >= 11 is 1.73. The van der Waals surface area contributed by atoms with Crippen molar-refractivity contribution in [2.24, 2.45) is 0 Å². The van der Waals surface area contributed by atoms with Crippen molar-refractivity contribution in [1.82, 2.24) is 10.6 Å². The zero-order valence-corrected chi connectivity index (χ0v) is 12.1. The van der Waals surface area contributed by atoms with Crippen LogP contribution in [0.2, 0.25) is 0 Å². The second kappa shape index (κ2) is 7.47. The van der Waals surface area contributed by atoms with Crippen LogP contribution < -0.4 is 10.6 Å². The first-order valence-corrected chi connectivity index (χ1v) is 8.12. The third kappa shape index (κ3) is 5.30. The molecule has 110 valence electrons. The van der Waals surface area contributed by atoms with E-state index in [2.05, 4.69) is 10.6 Å². The molecule has 0 saturated carbocycles.